The molecule has 2 heterocycles. The molecular weight excluding hydrogens is 321 g/mol. The number of pyridine rings is 1. The lowest BCUT2D eigenvalue weighted by Gasteiger charge is -2.06. The second kappa shape index (κ2) is 6.26. The van der Waals surface area contributed by atoms with Gasteiger partial charge in [0.15, 0.2) is 0 Å². The zero-order chi connectivity index (χ0) is 16.4. The number of amides is 1. The molecule has 0 aliphatic rings. The van der Waals surface area contributed by atoms with Gasteiger partial charge in [-0.05, 0) is 24.3 Å². The fourth-order valence-corrected chi connectivity index (χ4v) is 2.34. The fraction of sp³-hybridized carbons (Fsp3) is 0.125. The van der Waals surface area contributed by atoms with Gasteiger partial charge in [0.2, 0.25) is 0 Å². The quantitative estimate of drug-likeness (QED) is 0.798. The highest BCUT2D eigenvalue weighted by Crippen LogP contribution is 2.16. The first kappa shape index (κ1) is 15.3. The lowest BCUT2D eigenvalue weighted by molar-refractivity contribution is 0.0946. The lowest BCUT2D eigenvalue weighted by Crippen LogP contribution is -2.24. The number of benzene rings is 1. The molecule has 0 bridgehead atoms. The molecule has 118 valence electrons. The van der Waals surface area contributed by atoms with Crippen LogP contribution in [0.3, 0.4) is 0 Å². The summed E-state index contributed by atoms with van der Waals surface area (Å²) in [6.45, 7) is 0.184. The maximum atomic E-state index is 13.8. The maximum Gasteiger partial charge on any atom is 0.254 e. The summed E-state index contributed by atoms with van der Waals surface area (Å²) in [5, 5.41) is 3.23. The first-order chi connectivity index (χ1) is 11.1. The zero-order valence-corrected chi connectivity index (χ0v) is 13.0. The minimum Gasteiger partial charge on any atom is -0.497 e. The van der Waals surface area contributed by atoms with Crippen LogP contribution in [0.25, 0.3) is 5.65 Å². The molecular formula is C16H13ClFN3O2. The highest BCUT2D eigenvalue weighted by Gasteiger charge is 2.13. The Morgan fingerprint density at radius 3 is 2.91 bits per heavy atom. The average Bonchev–Trinajstić information content (AvgIpc) is 2.94. The number of rotatable bonds is 4. The van der Waals surface area contributed by atoms with Gasteiger partial charge in [0.1, 0.15) is 17.2 Å². The molecule has 23 heavy (non-hydrogen) atoms. The van der Waals surface area contributed by atoms with Gasteiger partial charge in [0.25, 0.3) is 5.91 Å². The largest absolute Gasteiger partial charge is 0.497 e. The number of hydrogen-bond acceptors (Lipinski definition) is 3. The predicted octanol–water partition coefficient (Wildman–Crippen LogP) is 3.07. The van der Waals surface area contributed by atoms with E-state index in [0.717, 1.165) is 0 Å². The minimum absolute atomic E-state index is 0.0439. The number of halogens is 2. The van der Waals surface area contributed by atoms with Gasteiger partial charge in [-0.25, -0.2) is 9.37 Å². The van der Waals surface area contributed by atoms with Crippen LogP contribution in [0.4, 0.5) is 4.39 Å². The Morgan fingerprint density at radius 2 is 2.17 bits per heavy atom. The molecule has 0 saturated heterocycles. The molecule has 0 aliphatic heterocycles. The molecule has 1 N–H and O–H groups in total. The van der Waals surface area contributed by atoms with E-state index in [1.165, 1.54) is 25.3 Å². The summed E-state index contributed by atoms with van der Waals surface area (Å²) in [4.78, 5) is 16.4. The van der Waals surface area contributed by atoms with E-state index in [4.69, 9.17) is 16.3 Å². The third-order valence-corrected chi connectivity index (χ3v) is 3.54. The molecule has 7 heteroatoms. The molecule has 5 nitrogen and oxygen atoms in total. The molecule has 0 fully saturated rings. The number of carbonyl (C=O) groups is 1. The van der Waals surface area contributed by atoms with Crippen LogP contribution in [0.15, 0.2) is 42.7 Å². The molecule has 3 aromatic rings. The van der Waals surface area contributed by atoms with Gasteiger partial charge in [-0.15, -0.1) is 0 Å². The summed E-state index contributed by atoms with van der Waals surface area (Å²) in [6.07, 6.45) is 3.48. The number of nitrogens with one attached hydrogen (secondary N) is 1. The number of aromatic nitrogens is 2. The van der Waals surface area contributed by atoms with Crippen molar-refractivity contribution in [2.45, 2.75) is 6.54 Å². The average molecular weight is 334 g/mol. The van der Waals surface area contributed by atoms with Crippen LogP contribution < -0.4 is 10.1 Å². The molecule has 0 atom stereocenters. The van der Waals surface area contributed by atoms with Crippen molar-refractivity contribution in [3.05, 3.63) is 64.8 Å². The smallest absolute Gasteiger partial charge is 0.254 e. The van der Waals surface area contributed by atoms with Crippen LogP contribution >= 0.6 is 11.6 Å². The van der Waals surface area contributed by atoms with E-state index >= 15 is 0 Å². The number of imidazole rings is 1. The SMILES string of the molecule is COc1ccc(C(=O)NCc2cn3cc(Cl)ccc3n2)c(F)c1. The Balaban J connectivity index is 1.72. The summed E-state index contributed by atoms with van der Waals surface area (Å²) >= 11 is 5.91. The van der Waals surface area contributed by atoms with Gasteiger partial charge in [-0.3, -0.25) is 4.79 Å². The highest BCUT2D eigenvalue weighted by atomic mass is 35.5. The van der Waals surface area contributed by atoms with Crippen LogP contribution in [0.5, 0.6) is 5.75 Å². The first-order valence-corrected chi connectivity index (χ1v) is 7.19. The number of hydrogen-bond donors (Lipinski definition) is 1. The van der Waals surface area contributed by atoms with E-state index in [-0.39, 0.29) is 12.1 Å². The molecule has 2 aromatic heterocycles. The number of ether oxygens (including phenoxy) is 1. The lowest BCUT2D eigenvalue weighted by atomic mass is 10.2. The van der Waals surface area contributed by atoms with E-state index in [0.29, 0.717) is 22.1 Å². The maximum absolute atomic E-state index is 13.8. The van der Waals surface area contributed by atoms with E-state index < -0.39 is 11.7 Å². The molecule has 3 rings (SSSR count). The Labute approximate surface area is 136 Å². The second-order valence-electron chi connectivity index (χ2n) is 4.87. The molecule has 0 unspecified atom stereocenters. The molecule has 0 aliphatic carbocycles. The third-order valence-electron chi connectivity index (χ3n) is 3.32. The Kier molecular flexibility index (Phi) is 4.16. The second-order valence-corrected chi connectivity index (χ2v) is 5.31. The summed E-state index contributed by atoms with van der Waals surface area (Å²) in [5.74, 6) is -0.792. The minimum atomic E-state index is -0.636. The normalized spacial score (nSPS) is 10.7. The van der Waals surface area contributed by atoms with E-state index in [2.05, 4.69) is 10.3 Å². The highest BCUT2D eigenvalue weighted by molar-refractivity contribution is 6.30. The van der Waals surface area contributed by atoms with Crippen molar-refractivity contribution in [3.63, 3.8) is 0 Å². The summed E-state index contributed by atoms with van der Waals surface area (Å²) in [5.41, 5.74) is 1.32. The van der Waals surface area contributed by atoms with Gasteiger partial charge in [0, 0.05) is 18.5 Å². The topological polar surface area (TPSA) is 55.6 Å². The third kappa shape index (κ3) is 3.27. The van der Waals surface area contributed by atoms with Gasteiger partial charge in [-0.1, -0.05) is 11.6 Å². The van der Waals surface area contributed by atoms with Gasteiger partial charge in [-0.2, -0.15) is 0 Å². The van der Waals surface area contributed by atoms with Crippen molar-refractivity contribution in [1.29, 1.82) is 0 Å². The van der Waals surface area contributed by atoms with Crippen molar-refractivity contribution in [3.8, 4) is 5.75 Å². The van der Waals surface area contributed by atoms with Crippen LogP contribution in [-0.2, 0) is 6.54 Å². The molecule has 0 radical (unpaired) electrons. The van der Waals surface area contributed by atoms with Crippen LogP contribution in [0, 0.1) is 5.82 Å². The molecule has 0 spiro atoms. The van der Waals surface area contributed by atoms with Crippen LogP contribution in [0.1, 0.15) is 16.1 Å². The van der Waals surface area contributed by atoms with E-state index in [1.54, 1.807) is 28.9 Å². The Morgan fingerprint density at radius 1 is 1.35 bits per heavy atom. The van der Waals surface area contributed by atoms with E-state index in [9.17, 15) is 9.18 Å². The van der Waals surface area contributed by atoms with Crippen LogP contribution in [-0.4, -0.2) is 22.4 Å². The number of nitrogens with zero attached hydrogens (tertiary/aromatic N) is 2. The van der Waals surface area contributed by atoms with Gasteiger partial charge in [0.05, 0.1) is 29.9 Å². The Hall–Kier alpha value is -2.60. The molecule has 0 saturated carbocycles. The monoisotopic (exact) mass is 333 g/mol. The van der Waals surface area contributed by atoms with Crippen molar-refractivity contribution in [2.24, 2.45) is 0 Å². The standard InChI is InChI=1S/C16H13ClFN3O2/c1-23-12-3-4-13(14(18)6-12)16(22)19-7-11-9-21-8-10(17)2-5-15(21)20-11/h2-6,8-9H,7H2,1H3,(H,19,22). The first-order valence-electron chi connectivity index (χ1n) is 6.81. The van der Waals surface area contributed by atoms with Crippen molar-refractivity contribution >= 4 is 23.2 Å². The number of fused-ring (bicyclic) bond motifs is 1. The molecule has 1 amide bonds. The summed E-state index contributed by atoms with van der Waals surface area (Å²) < 4.78 is 20.5. The van der Waals surface area contributed by atoms with Crippen molar-refractivity contribution in [1.82, 2.24) is 14.7 Å². The fourth-order valence-electron chi connectivity index (χ4n) is 2.18. The van der Waals surface area contributed by atoms with Crippen LogP contribution in [0.2, 0.25) is 5.02 Å². The van der Waals surface area contributed by atoms with Gasteiger partial charge >= 0.3 is 0 Å². The van der Waals surface area contributed by atoms with Crippen molar-refractivity contribution in [2.75, 3.05) is 7.11 Å². The molecule has 1 aromatic carbocycles. The summed E-state index contributed by atoms with van der Waals surface area (Å²) in [6, 6.07) is 7.59. The predicted molar refractivity (Wildman–Crippen MR) is 84.3 cm³/mol. The zero-order valence-electron chi connectivity index (χ0n) is 12.2. The number of methoxy groups -OCH3 is 1. The summed E-state index contributed by atoms with van der Waals surface area (Å²) in [7, 11) is 1.43. The van der Waals surface area contributed by atoms with E-state index in [1.807, 2.05) is 0 Å². The Bertz CT molecular complexity index is 879. The van der Waals surface area contributed by atoms with Gasteiger partial charge < -0.3 is 14.5 Å². The number of carbonyl (C=O) groups excluding carboxylic acids is 1. The van der Waals surface area contributed by atoms with Crippen molar-refractivity contribution < 1.29 is 13.9 Å².